The average Bonchev–Trinajstić information content (AvgIpc) is 2.92. The smallest absolute Gasteiger partial charge is 0.245 e. The van der Waals surface area contributed by atoms with E-state index in [1.54, 1.807) is 18.2 Å². The highest BCUT2D eigenvalue weighted by Crippen LogP contribution is 2.27. The molecule has 1 aromatic heterocycles. The third-order valence-corrected chi connectivity index (χ3v) is 3.67. The molecule has 1 aliphatic heterocycles. The molecular weight excluding hydrogens is 303 g/mol. The zero-order chi connectivity index (χ0) is 14.1. The predicted molar refractivity (Wildman–Crippen MR) is 73.5 cm³/mol. The molecule has 8 heteroatoms. The Labute approximate surface area is 124 Å². The molecule has 0 spiro atoms. The van der Waals surface area contributed by atoms with Crippen molar-refractivity contribution < 1.29 is 9.32 Å². The lowest BCUT2D eigenvalue weighted by Gasteiger charge is -2.20. The van der Waals surface area contributed by atoms with E-state index in [1.165, 1.54) is 0 Å². The molecular formula is C12H10Cl2N4O2. The molecule has 0 radical (unpaired) electrons. The first-order valence-corrected chi connectivity index (χ1v) is 6.68. The third kappa shape index (κ3) is 2.63. The van der Waals surface area contributed by atoms with Gasteiger partial charge in [-0.1, -0.05) is 28.4 Å². The number of aromatic nitrogens is 2. The Bertz CT molecular complexity index is 649. The van der Waals surface area contributed by atoms with Gasteiger partial charge < -0.3 is 9.84 Å². The molecule has 1 aliphatic rings. The summed E-state index contributed by atoms with van der Waals surface area (Å²) in [5.74, 6) is 0.800. The molecule has 104 valence electrons. The van der Waals surface area contributed by atoms with Gasteiger partial charge in [0.15, 0.2) is 0 Å². The lowest BCUT2D eigenvalue weighted by molar-refractivity contribution is -0.121. The number of carbonyl (C=O) groups excluding carboxylic acids is 1. The molecule has 0 aliphatic carbocycles. The van der Waals surface area contributed by atoms with E-state index >= 15 is 0 Å². The largest absolute Gasteiger partial charge is 0.353 e. The maximum absolute atomic E-state index is 11.1. The molecule has 2 heterocycles. The Hall–Kier alpha value is -1.63. The van der Waals surface area contributed by atoms with Crippen molar-refractivity contribution in [1.82, 2.24) is 20.8 Å². The molecule has 1 amide bonds. The number of amides is 1. The lowest BCUT2D eigenvalue weighted by atomic mass is 10.2. The SMILES string of the molecule is O=C1CNC(c2nc(-c3ccc(Cl)c(Cl)c3)no2)CN1. The van der Waals surface area contributed by atoms with Crippen molar-refractivity contribution in [2.75, 3.05) is 13.1 Å². The van der Waals surface area contributed by atoms with Crippen molar-refractivity contribution in [3.05, 3.63) is 34.1 Å². The normalized spacial score (nSPS) is 18.9. The maximum Gasteiger partial charge on any atom is 0.245 e. The lowest BCUT2D eigenvalue weighted by Crippen LogP contribution is -2.47. The third-order valence-electron chi connectivity index (χ3n) is 2.93. The molecule has 1 atom stereocenters. The summed E-state index contributed by atoms with van der Waals surface area (Å²) in [4.78, 5) is 15.4. The monoisotopic (exact) mass is 312 g/mol. The topological polar surface area (TPSA) is 80.1 Å². The van der Waals surface area contributed by atoms with Crippen LogP contribution in [0.2, 0.25) is 10.0 Å². The maximum atomic E-state index is 11.1. The first-order valence-electron chi connectivity index (χ1n) is 5.92. The Morgan fingerprint density at radius 3 is 2.85 bits per heavy atom. The van der Waals surface area contributed by atoms with Gasteiger partial charge in [-0.3, -0.25) is 10.1 Å². The first kappa shape index (κ1) is 13.4. The standard InChI is InChI=1S/C12H10Cl2N4O2/c13-7-2-1-6(3-8(7)14)11-17-12(20-18-11)9-4-16-10(19)5-15-9/h1-3,9,15H,4-5H2,(H,16,19). The molecule has 1 unspecified atom stereocenters. The van der Waals surface area contributed by atoms with Crippen molar-refractivity contribution in [2.45, 2.75) is 6.04 Å². The van der Waals surface area contributed by atoms with Gasteiger partial charge in [0.25, 0.3) is 0 Å². The fourth-order valence-corrected chi connectivity index (χ4v) is 2.17. The van der Waals surface area contributed by atoms with Crippen molar-refractivity contribution in [1.29, 1.82) is 0 Å². The predicted octanol–water partition coefficient (Wildman–Crippen LogP) is 1.80. The minimum Gasteiger partial charge on any atom is -0.353 e. The van der Waals surface area contributed by atoms with Gasteiger partial charge in [-0.15, -0.1) is 0 Å². The van der Waals surface area contributed by atoms with E-state index in [1.807, 2.05) is 0 Å². The van der Waals surface area contributed by atoms with Crippen LogP contribution >= 0.6 is 23.2 Å². The van der Waals surface area contributed by atoms with Crippen LogP contribution < -0.4 is 10.6 Å². The number of hydrogen-bond donors (Lipinski definition) is 2. The highest BCUT2D eigenvalue weighted by atomic mass is 35.5. The van der Waals surface area contributed by atoms with Crippen LogP contribution in [0, 0.1) is 0 Å². The van der Waals surface area contributed by atoms with Crippen LogP contribution in [0.15, 0.2) is 22.7 Å². The number of nitrogens with zero attached hydrogens (tertiary/aromatic N) is 2. The van der Waals surface area contributed by atoms with Gasteiger partial charge in [0.1, 0.15) is 6.04 Å². The van der Waals surface area contributed by atoms with Crippen LogP contribution in [-0.2, 0) is 4.79 Å². The molecule has 0 saturated carbocycles. The molecule has 1 saturated heterocycles. The summed E-state index contributed by atoms with van der Waals surface area (Å²) in [5.41, 5.74) is 0.717. The number of carbonyl (C=O) groups is 1. The van der Waals surface area contributed by atoms with E-state index in [9.17, 15) is 4.79 Å². The number of nitrogens with one attached hydrogen (secondary N) is 2. The van der Waals surface area contributed by atoms with Gasteiger partial charge in [0.05, 0.1) is 16.6 Å². The van der Waals surface area contributed by atoms with Gasteiger partial charge >= 0.3 is 0 Å². The molecule has 0 bridgehead atoms. The number of benzene rings is 1. The Balaban J connectivity index is 1.82. The summed E-state index contributed by atoms with van der Waals surface area (Å²) >= 11 is 11.8. The van der Waals surface area contributed by atoms with E-state index in [0.29, 0.717) is 33.9 Å². The summed E-state index contributed by atoms with van der Waals surface area (Å²) in [6.45, 7) is 0.650. The fraction of sp³-hybridized carbons (Fsp3) is 0.250. The Kier molecular flexibility index (Phi) is 3.60. The molecule has 2 aromatic rings. The molecule has 1 aromatic carbocycles. The second-order valence-electron chi connectivity index (χ2n) is 4.32. The van der Waals surface area contributed by atoms with Crippen LogP contribution in [0.25, 0.3) is 11.4 Å². The van der Waals surface area contributed by atoms with E-state index < -0.39 is 0 Å². The summed E-state index contributed by atoms with van der Waals surface area (Å²) in [6.07, 6.45) is 0. The van der Waals surface area contributed by atoms with E-state index in [4.69, 9.17) is 27.7 Å². The minimum atomic E-state index is -0.184. The van der Waals surface area contributed by atoms with Crippen molar-refractivity contribution in [3.8, 4) is 11.4 Å². The number of piperazine rings is 1. The summed E-state index contributed by atoms with van der Waals surface area (Å²) in [5, 5.41) is 10.6. The number of halogens is 2. The second kappa shape index (κ2) is 5.40. The molecule has 6 nitrogen and oxygen atoms in total. The first-order chi connectivity index (χ1) is 9.63. The van der Waals surface area contributed by atoms with Crippen LogP contribution in [0.3, 0.4) is 0 Å². The van der Waals surface area contributed by atoms with Gasteiger partial charge in [-0.05, 0) is 18.2 Å². The Morgan fingerprint density at radius 1 is 1.30 bits per heavy atom. The number of hydrogen-bond acceptors (Lipinski definition) is 5. The number of rotatable bonds is 2. The minimum absolute atomic E-state index is 0.0505. The van der Waals surface area contributed by atoms with Crippen molar-refractivity contribution >= 4 is 29.1 Å². The van der Waals surface area contributed by atoms with Crippen LogP contribution in [0.5, 0.6) is 0 Å². The fourth-order valence-electron chi connectivity index (χ4n) is 1.87. The van der Waals surface area contributed by atoms with E-state index in [-0.39, 0.29) is 18.5 Å². The molecule has 3 rings (SSSR count). The van der Waals surface area contributed by atoms with Gasteiger partial charge in [-0.2, -0.15) is 4.98 Å². The molecule has 2 N–H and O–H groups in total. The van der Waals surface area contributed by atoms with Crippen molar-refractivity contribution in [2.24, 2.45) is 0 Å². The highest BCUT2D eigenvalue weighted by molar-refractivity contribution is 6.42. The van der Waals surface area contributed by atoms with E-state index in [0.717, 1.165) is 0 Å². The van der Waals surface area contributed by atoms with E-state index in [2.05, 4.69) is 20.8 Å². The zero-order valence-electron chi connectivity index (χ0n) is 10.2. The molecule has 20 heavy (non-hydrogen) atoms. The van der Waals surface area contributed by atoms with Crippen molar-refractivity contribution in [3.63, 3.8) is 0 Å². The van der Waals surface area contributed by atoms with Crippen LogP contribution in [0.1, 0.15) is 11.9 Å². The second-order valence-corrected chi connectivity index (χ2v) is 5.14. The Morgan fingerprint density at radius 2 is 2.15 bits per heavy atom. The highest BCUT2D eigenvalue weighted by Gasteiger charge is 2.24. The summed E-state index contributed by atoms with van der Waals surface area (Å²) in [6, 6.07) is 4.93. The quantitative estimate of drug-likeness (QED) is 0.884. The summed E-state index contributed by atoms with van der Waals surface area (Å²) < 4.78 is 5.21. The van der Waals surface area contributed by atoms with Gasteiger partial charge in [-0.25, -0.2) is 0 Å². The zero-order valence-corrected chi connectivity index (χ0v) is 11.7. The average molecular weight is 313 g/mol. The van der Waals surface area contributed by atoms with Gasteiger partial charge in [0.2, 0.25) is 17.6 Å². The molecule has 1 fully saturated rings. The summed E-state index contributed by atoms with van der Waals surface area (Å²) in [7, 11) is 0. The van der Waals surface area contributed by atoms with Gasteiger partial charge in [0, 0.05) is 12.1 Å². The van der Waals surface area contributed by atoms with Crippen LogP contribution in [-0.4, -0.2) is 29.1 Å². The van der Waals surface area contributed by atoms with Crippen LogP contribution in [0.4, 0.5) is 0 Å².